The molecule has 0 spiro atoms. The maximum atomic E-state index is 13.7. The second-order valence-electron chi connectivity index (χ2n) is 6.04. The van der Waals surface area contributed by atoms with Crippen molar-refractivity contribution in [3.05, 3.63) is 59.7 Å². The summed E-state index contributed by atoms with van der Waals surface area (Å²) in [4.78, 5) is 24.8. The molecular weight excluding hydrogens is 342 g/mol. The zero-order valence-electron chi connectivity index (χ0n) is 14.7. The van der Waals surface area contributed by atoms with E-state index in [1.807, 2.05) is 0 Å². The van der Waals surface area contributed by atoms with Crippen LogP contribution in [0.2, 0.25) is 0 Å². The molecule has 0 radical (unpaired) electrons. The predicted octanol–water partition coefficient (Wildman–Crippen LogP) is 3.37. The van der Waals surface area contributed by atoms with Crippen LogP contribution in [-0.4, -0.2) is 25.0 Å². The summed E-state index contributed by atoms with van der Waals surface area (Å²) in [5.74, 6) is -2.31. The highest BCUT2D eigenvalue weighted by Gasteiger charge is 2.25. The van der Waals surface area contributed by atoms with Crippen molar-refractivity contribution in [2.75, 3.05) is 12.4 Å². The van der Waals surface area contributed by atoms with E-state index in [0.29, 0.717) is 17.4 Å². The van der Waals surface area contributed by atoms with Gasteiger partial charge >= 0.3 is 0 Å². The number of rotatable bonds is 6. The first-order valence-electron chi connectivity index (χ1n) is 8.02. The third kappa shape index (κ3) is 4.78. The van der Waals surface area contributed by atoms with E-state index in [9.17, 15) is 18.4 Å². The van der Waals surface area contributed by atoms with E-state index in [1.54, 1.807) is 38.1 Å². The van der Waals surface area contributed by atoms with Gasteiger partial charge in [-0.2, -0.15) is 0 Å². The highest BCUT2D eigenvalue weighted by Crippen LogP contribution is 2.17. The van der Waals surface area contributed by atoms with Crippen LogP contribution in [0.3, 0.4) is 0 Å². The molecule has 2 aromatic carbocycles. The molecule has 7 heteroatoms. The molecule has 0 aliphatic heterocycles. The molecule has 0 unspecified atom stereocenters. The van der Waals surface area contributed by atoms with Crippen molar-refractivity contribution in [1.29, 1.82) is 0 Å². The fraction of sp³-hybridized carbons (Fsp3) is 0.263. The lowest BCUT2D eigenvalue weighted by atomic mass is 10.0. The van der Waals surface area contributed by atoms with Crippen molar-refractivity contribution in [2.24, 2.45) is 5.92 Å². The van der Waals surface area contributed by atoms with Gasteiger partial charge in [-0.15, -0.1) is 0 Å². The number of halogens is 2. The van der Waals surface area contributed by atoms with Gasteiger partial charge in [0.15, 0.2) is 0 Å². The summed E-state index contributed by atoms with van der Waals surface area (Å²) in [6.07, 6.45) is 0. The average molecular weight is 362 g/mol. The monoisotopic (exact) mass is 362 g/mol. The van der Waals surface area contributed by atoms with E-state index in [-0.39, 0.29) is 11.6 Å². The van der Waals surface area contributed by atoms with Gasteiger partial charge in [-0.25, -0.2) is 8.78 Å². The zero-order chi connectivity index (χ0) is 19.3. The maximum absolute atomic E-state index is 13.7. The molecule has 0 heterocycles. The third-order valence-corrected chi connectivity index (χ3v) is 3.78. The molecule has 2 amide bonds. The fourth-order valence-corrected chi connectivity index (χ4v) is 2.30. The van der Waals surface area contributed by atoms with E-state index in [4.69, 9.17) is 4.74 Å². The van der Waals surface area contributed by atoms with Crippen LogP contribution in [0, 0.1) is 17.6 Å². The van der Waals surface area contributed by atoms with E-state index in [1.165, 1.54) is 7.11 Å². The Balaban J connectivity index is 2.11. The third-order valence-electron chi connectivity index (χ3n) is 3.78. The zero-order valence-corrected chi connectivity index (χ0v) is 14.7. The summed E-state index contributed by atoms with van der Waals surface area (Å²) >= 11 is 0. The van der Waals surface area contributed by atoms with Gasteiger partial charge in [0, 0.05) is 11.6 Å². The minimum atomic E-state index is -0.894. The number of amides is 2. The second-order valence-corrected chi connectivity index (χ2v) is 6.04. The fourth-order valence-electron chi connectivity index (χ4n) is 2.30. The average Bonchev–Trinajstić information content (AvgIpc) is 2.61. The number of hydrogen-bond acceptors (Lipinski definition) is 3. The number of anilines is 1. The SMILES string of the molecule is COc1ccc(C(=O)N[C@H](C(=O)Nc2ccc(F)cc2F)C(C)C)cc1. The molecule has 0 aliphatic carbocycles. The Morgan fingerprint density at radius 3 is 2.23 bits per heavy atom. The Kier molecular flexibility index (Phi) is 6.27. The van der Waals surface area contributed by atoms with Crippen molar-refractivity contribution < 1.29 is 23.1 Å². The second kappa shape index (κ2) is 8.42. The maximum Gasteiger partial charge on any atom is 0.251 e. The van der Waals surface area contributed by atoms with Gasteiger partial charge in [-0.3, -0.25) is 9.59 Å². The molecule has 26 heavy (non-hydrogen) atoms. The number of methoxy groups -OCH3 is 1. The molecule has 0 fully saturated rings. The van der Waals surface area contributed by atoms with Crippen LogP contribution in [-0.2, 0) is 4.79 Å². The highest BCUT2D eigenvalue weighted by atomic mass is 19.1. The standard InChI is InChI=1S/C19H20F2N2O3/c1-11(2)17(19(25)22-16-9-6-13(20)10-15(16)21)23-18(24)12-4-7-14(26-3)8-5-12/h4-11,17H,1-3H3,(H,22,25)(H,23,24)/t17-/m0/s1. The Labute approximate surface area is 150 Å². The Hall–Kier alpha value is -2.96. The van der Waals surface area contributed by atoms with Crippen molar-refractivity contribution in [2.45, 2.75) is 19.9 Å². The van der Waals surface area contributed by atoms with Crippen molar-refractivity contribution in [3.8, 4) is 5.75 Å². The first-order valence-corrected chi connectivity index (χ1v) is 8.02. The van der Waals surface area contributed by atoms with Gasteiger partial charge < -0.3 is 15.4 Å². The first-order chi connectivity index (χ1) is 12.3. The Morgan fingerprint density at radius 2 is 1.69 bits per heavy atom. The number of hydrogen-bond donors (Lipinski definition) is 2. The van der Waals surface area contributed by atoms with Gasteiger partial charge in [0.25, 0.3) is 5.91 Å². The summed E-state index contributed by atoms with van der Waals surface area (Å²) in [6.45, 7) is 3.50. The largest absolute Gasteiger partial charge is 0.497 e. The normalized spacial score (nSPS) is 11.8. The molecule has 138 valence electrons. The molecule has 0 aromatic heterocycles. The lowest BCUT2D eigenvalue weighted by Crippen LogP contribution is -2.47. The van der Waals surface area contributed by atoms with Gasteiger partial charge in [-0.05, 0) is 42.3 Å². The predicted molar refractivity (Wildman–Crippen MR) is 94.1 cm³/mol. The number of ether oxygens (including phenoxy) is 1. The summed E-state index contributed by atoms with van der Waals surface area (Å²) < 4.78 is 31.7. The van der Waals surface area contributed by atoms with E-state index >= 15 is 0 Å². The van der Waals surface area contributed by atoms with Gasteiger partial charge in [0.1, 0.15) is 23.4 Å². The molecule has 0 aliphatic rings. The summed E-state index contributed by atoms with van der Waals surface area (Å²) in [5.41, 5.74) is 0.206. The lowest BCUT2D eigenvalue weighted by Gasteiger charge is -2.22. The van der Waals surface area contributed by atoms with Crippen molar-refractivity contribution in [1.82, 2.24) is 5.32 Å². The number of carbonyl (C=O) groups is 2. The minimum absolute atomic E-state index is 0.152. The van der Waals surface area contributed by atoms with Gasteiger partial charge in [-0.1, -0.05) is 13.8 Å². The molecule has 0 saturated heterocycles. The quantitative estimate of drug-likeness (QED) is 0.828. The summed E-state index contributed by atoms with van der Waals surface area (Å²) in [7, 11) is 1.52. The molecule has 2 rings (SSSR count). The van der Waals surface area contributed by atoms with Gasteiger partial charge in [0.05, 0.1) is 12.8 Å². The number of benzene rings is 2. The number of carbonyl (C=O) groups excluding carboxylic acids is 2. The smallest absolute Gasteiger partial charge is 0.251 e. The van der Waals surface area contributed by atoms with Crippen LogP contribution in [0.15, 0.2) is 42.5 Å². The summed E-state index contributed by atoms with van der Waals surface area (Å²) in [5, 5.41) is 5.01. The van der Waals surface area contributed by atoms with Crippen molar-refractivity contribution >= 4 is 17.5 Å². The Bertz CT molecular complexity index is 792. The molecule has 2 N–H and O–H groups in total. The molecule has 0 saturated carbocycles. The van der Waals surface area contributed by atoms with E-state index in [0.717, 1.165) is 12.1 Å². The van der Waals surface area contributed by atoms with Crippen LogP contribution >= 0.6 is 0 Å². The van der Waals surface area contributed by atoms with E-state index < -0.39 is 29.5 Å². The van der Waals surface area contributed by atoms with Crippen LogP contribution in [0.4, 0.5) is 14.5 Å². The minimum Gasteiger partial charge on any atom is -0.497 e. The number of nitrogens with one attached hydrogen (secondary N) is 2. The van der Waals surface area contributed by atoms with Gasteiger partial charge in [0.2, 0.25) is 5.91 Å². The molecular formula is C19H20F2N2O3. The van der Waals surface area contributed by atoms with Crippen LogP contribution < -0.4 is 15.4 Å². The summed E-state index contributed by atoms with van der Waals surface area (Å²) in [6, 6.07) is 8.36. The molecule has 5 nitrogen and oxygen atoms in total. The van der Waals surface area contributed by atoms with Crippen LogP contribution in [0.1, 0.15) is 24.2 Å². The molecule has 2 aromatic rings. The Morgan fingerprint density at radius 1 is 1.04 bits per heavy atom. The van der Waals surface area contributed by atoms with Crippen LogP contribution in [0.25, 0.3) is 0 Å². The molecule has 0 bridgehead atoms. The van der Waals surface area contributed by atoms with E-state index in [2.05, 4.69) is 10.6 Å². The topological polar surface area (TPSA) is 67.4 Å². The first kappa shape index (κ1) is 19.4. The highest BCUT2D eigenvalue weighted by molar-refractivity contribution is 6.01. The van der Waals surface area contributed by atoms with Crippen molar-refractivity contribution in [3.63, 3.8) is 0 Å². The molecule has 1 atom stereocenters. The lowest BCUT2D eigenvalue weighted by molar-refractivity contribution is -0.118. The van der Waals surface area contributed by atoms with Crippen LogP contribution in [0.5, 0.6) is 5.75 Å².